The molecule has 2 aromatic rings. The molecule has 1 fully saturated rings. The van der Waals surface area contributed by atoms with Gasteiger partial charge in [-0.1, -0.05) is 11.6 Å². The molecule has 0 unspecified atom stereocenters. The van der Waals surface area contributed by atoms with Crippen molar-refractivity contribution < 1.29 is 14.0 Å². The molecule has 0 spiro atoms. The molecule has 0 aliphatic carbocycles. The minimum atomic E-state index is -0.389. The first-order valence-electron chi connectivity index (χ1n) is 6.84. The van der Waals surface area contributed by atoms with Gasteiger partial charge in [0, 0.05) is 19.2 Å². The van der Waals surface area contributed by atoms with Crippen molar-refractivity contribution in [3.05, 3.63) is 47.5 Å². The molecule has 1 aliphatic rings. The number of nitrogens with zero attached hydrogens (tertiary/aromatic N) is 2. The highest BCUT2D eigenvalue weighted by Gasteiger charge is 2.34. The second-order valence-corrected chi connectivity index (χ2v) is 5.54. The summed E-state index contributed by atoms with van der Waals surface area (Å²) in [5, 5.41) is 3.20. The number of halogens is 1. The van der Waals surface area contributed by atoms with E-state index in [1.807, 2.05) is 0 Å². The van der Waals surface area contributed by atoms with Crippen LogP contribution in [0.15, 0.2) is 41.1 Å². The van der Waals surface area contributed by atoms with Crippen LogP contribution < -0.4 is 5.32 Å². The highest BCUT2D eigenvalue weighted by Crippen LogP contribution is 2.22. The summed E-state index contributed by atoms with van der Waals surface area (Å²) in [6, 6.07) is 6.84. The van der Waals surface area contributed by atoms with E-state index >= 15 is 0 Å². The van der Waals surface area contributed by atoms with Gasteiger partial charge in [-0.25, -0.2) is 4.98 Å². The maximum atomic E-state index is 12.2. The first-order valence-corrected chi connectivity index (χ1v) is 7.22. The fourth-order valence-electron chi connectivity index (χ4n) is 2.37. The lowest BCUT2D eigenvalue weighted by atomic mass is 10.1. The first-order chi connectivity index (χ1) is 10.6. The largest absolute Gasteiger partial charge is 0.467 e. The van der Waals surface area contributed by atoms with Gasteiger partial charge in [-0.05, 0) is 24.3 Å². The summed E-state index contributed by atoms with van der Waals surface area (Å²) in [5.74, 6) is 0.464. The summed E-state index contributed by atoms with van der Waals surface area (Å²) in [6.07, 6.45) is 3.21. The summed E-state index contributed by atoms with van der Waals surface area (Å²) in [6.45, 7) is 0.758. The Morgan fingerprint density at radius 3 is 3.00 bits per heavy atom. The van der Waals surface area contributed by atoms with Gasteiger partial charge in [0.05, 0.1) is 23.7 Å². The predicted molar refractivity (Wildman–Crippen MR) is 80.1 cm³/mol. The normalized spacial score (nSPS) is 17.8. The van der Waals surface area contributed by atoms with Crippen LogP contribution in [0.5, 0.6) is 0 Å². The number of rotatable bonds is 4. The van der Waals surface area contributed by atoms with Gasteiger partial charge >= 0.3 is 0 Å². The summed E-state index contributed by atoms with van der Waals surface area (Å²) in [5.41, 5.74) is 0. The zero-order chi connectivity index (χ0) is 15.5. The van der Waals surface area contributed by atoms with Crippen molar-refractivity contribution in [1.29, 1.82) is 0 Å². The Labute approximate surface area is 132 Å². The minimum absolute atomic E-state index is 0.0550. The molecule has 1 aliphatic heterocycles. The van der Waals surface area contributed by atoms with Gasteiger partial charge in [0.25, 0.3) is 0 Å². The molecule has 0 saturated carbocycles. The molecule has 3 rings (SSSR count). The summed E-state index contributed by atoms with van der Waals surface area (Å²) in [4.78, 5) is 29.8. The summed E-state index contributed by atoms with van der Waals surface area (Å²) in [7, 11) is 0. The van der Waals surface area contributed by atoms with Gasteiger partial charge < -0.3 is 14.6 Å². The lowest BCUT2D eigenvalue weighted by Crippen LogP contribution is -2.28. The Kier molecular flexibility index (Phi) is 4.11. The van der Waals surface area contributed by atoms with E-state index in [-0.39, 0.29) is 24.2 Å². The molecule has 1 N–H and O–H groups in total. The Balaban J connectivity index is 1.60. The van der Waals surface area contributed by atoms with Gasteiger partial charge in [-0.3, -0.25) is 9.59 Å². The van der Waals surface area contributed by atoms with Gasteiger partial charge in [0.2, 0.25) is 11.8 Å². The van der Waals surface area contributed by atoms with Crippen LogP contribution >= 0.6 is 11.6 Å². The molecule has 0 bridgehead atoms. The van der Waals surface area contributed by atoms with Gasteiger partial charge in [0.1, 0.15) is 11.6 Å². The number of aromatic nitrogens is 1. The molecule has 0 radical (unpaired) electrons. The lowest BCUT2D eigenvalue weighted by Gasteiger charge is -2.14. The number of hydrogen-bond acceptors (Lipinski definition) is 4. The second kappa shape index (κ2) is 6.19. The van der Waals surface area contributed by atoms with Crippen LogP contribution in [-0.2, 0) is 16.1 Å². The average Bonchev–Trinajstić information content (AvgIpc) is 3.13. The Morgan fingerprint density at radius 2 is 2.32 bits per heavy atom. The maximum absolute atomic E-state index is 12.2. The van der Waals surface area contributed by atoms with Crippen molar-refractivity contribution in [3.8, 4) is 0 Å². The molecule has 0 aromatic carbocycles. The maximum Gasteiger partial charge on any atom is 0.230 e. The van der Waals surface area contributed by atoms with Gasteiger partial charge in [-0.2, -0.15) is 0 Å². The Bertz CT molecular complexity index is 670. The third kappa shape index (κ3) is 3.28. The topological polar surface area (TPSA) is 75.4 Å². The highest BCUT2D eigenvalue weighted by molar-refractivity contribution is 6.30. The van der Waals surface area contributed by atoms with Crippen LogP contribution in [0, 0.1) is 5.92 Å². The Hall–Kier alpha value is -2.34. The van der Waals surface area contributed by atoms with E-state index in [0.29, 0.717) is 29.7 Å². The summed E-state index contributed by atoms with van der Waals surface area (Å²) < 4.78 is 5.23. The van der Waals surface area contributed by atoms with Crippen molar-refractivity contribution in [3.63, 3.8) is 0 Å². The van der Waals surface area contributed by atoms with E-state index in [9.17, 15) is 9.59 Å². The number of pyridine rings is 1. The Morgan fingerprint density at radius 1 is 1.45 bits per heavy atom. The van der Waals surface area contributed by atoms with E-state index in [1.54, 1.807) is 35.4 Å². The number of anilines is 1. The van der Waals surface area contributed by atoms with Crippen LogP contribution in [-0.4, -0.2) is 28.2 Å². The van der Waals surface area contributed by atoms with Crippen molar-refractivity contribution in [2.24, 2.45) is 5.92 Å². The number of hydrogen-bond donors (Lipinski definition) is 1. The molecule has 114 valence electrons. The van der Waals surface area contributed by atoms with Crippen LogP contribution in [0.1, 0.15) is 12.2 Å². The van der Waals surface area contributed by atoms with E-state index in [4.69, 9.17) is 16.0 Å². The highest BCUT2D eigenvalue weighted by atomic mass is 35.5. The number of furan rings is 1. The number of likely N-dealkylation sites (tertiary alicyclic amines) is 1. The fraction of sp³-hybridized carbons (Fsp3) is 0.267. The van der Waals surface area contributed by atoms with Gasteiger partial charge in [0.15, 0.2) is 0 Å². The molecular formula is C15H14ClN3O3. The van der Waals surface area contributed by atoms with E-state index in [1.165, 1.54) is 6.20 Å². The van der Waals surface area contributed by atoms with Crippen LogP contribution in [0.3, 0.4) is 0 Å². The van der Waals surface area contributed by atoms with Crippen molar-refractivity contribution in [2.45, 2.75) is 13.0 Å². The quantitative estimate of drug-likeness (QED) is 0.938. The lowest BCUT2D eigenvalue weighted by molar-refractivity contribution is -0.128. The first kappa shape index (κ1) is 14.6. The third-order valence-electron chi connectivity index (χ3n) is 3.49. The molecule has 2 amide bonds. The standard InChI is InChI=1S/C15H14ClN3O3/c16-11-3-4-13(17-7-11)18-15(21)10-6-14(20)19(8-10)9-12-2-1-5-22-12/h1-5,7,10H,6,8-9H2,(H,17,18,21)/t10-/m0/s1. The minimum Gasteiger partial charge on any atom is -0.467 e. The summed E-state index contributed by atoms with van der Waals surface area (Å²) >= 11 is 5.75. The molecule has 3 heterocycles. The molecule has 6 nitrogen and oxygen atoms in total. The average molecular weight is 320 g/mol. The zero-order valence-corrected chi connectivity index (χ0v) is 12.4. The molecule has 22 heavy (non-hydrogen) atoms. The van der Waals surface area contributed by atoms with Crippen molar-refractivity contribution in [1.82, 2.24) is 9.88 Å². The number of carbonyl (C=O) groups excluding carboxylic acids is 2. The fourth-order valence-corrected chi connectivity index (χ4v) is 2.48. The van der Waals surface area contributed by atoms with Crippen molar-refractivity contribution in [2.75, 3.05) is 11.9 Å². The molecule has 2 aromatic heterocycles. The molecule has 1 saturated heterocycles. The number of amides is 2. The van der Waals surface area contributed by atoms with E-state index in [0.717, 1.165) is 0 Å². The monoisotopic (exact) mass is 319 g/mol. The molecule has 7 heteroatoms. The third-order valence-corrected chi connectivity index (χ3v) is 3.71. The molecule has 1 atom stereocenters. The van der Waals surface area contributed by atoms with Crippen LogP contribution in [0.4, 0.5) is 5.82 Å². The molecular weight excluding hydrogens is 306 g/mol. The smallest absolute Gasteiger partial charge is 0.230 e. The van der Waals surface area contributed by atoms with E-state index < -0.39 is 0 Å². The number of nitrogens with one attached hydrogen (secondary N) is 1. The second-order valence-electron chi connectivity index (χ2n) is 5.11. The SMILES string of the molecule is O=C(Nc1ccc(Cl)cn1)[C@H]1CC(=O)N(Cc2ccco2)C1. The van der Waals surface area contributed by atoms with Crippen LogP contribution in [0.2, 0.25) is 5.02 Å². The zero-order valence-electron chi connectivity index (χ0n) is 11.7. The van der Waals surface area contributed by atoms with E-state index in [2.05, 4.69) is 10.3 Å². The van der Waals surface area contributed by atoms with Crippen molar-refractivity contribution >= 4 is 29.2 Å². The van der Waals surface area contributed by atoms with Crippen LogP contribution in [0.25, 0.3) is 0 Å². The van der Waals surface area contributed by atoms with Gasteiger partial charge in [-0.15, -0.1) is 0 Å². The predicted octanol–water partition coefficient (Wildman–Crippen LogP) is 2.32. The number of carbonyl (C=O) groups is 2.